The van der Waals surface area contributed by atoms with E-state index < -0.39 is 22.3 Å². The summed E-state index contributed by atoms with van der Waals surface area (Å²) in [4.78, 5) is 27.8. The second kappa shape index (κ2) is 11.1. The molecule has 1 aliphatic heterocycles. The van der Waals surface area contributed by atoms with E-state index in [2.05, 4.69) is 5.32 Å². The number of nitrogens with zero attached hydrogens (tertiary/aromatic N) is 3. The average molecular weight is 543 g/mol. The van der Waals surface area contributed by atoms with E-state index in [1.54, 1.807) is 23.9 Å². The van der Waals surface area contributed by atoms with Crippen molar-refractivity contribution >= 4 is 29.4 Å². The molecule has 2 amide bonds. The Hall–Kier alpha value is -3.40. The van der Waals surface area contributed by atoms with Gasteiger partial charge in [-0.3, -0.25) is 14.5 Å². The highest BCUT2D eigenvalue weighted by Crippen LogP contribution is 2.49. The van der Waals surface area contributed by atoms with Crippen LogP contribution in [0.2, 0.25) is 0 Å². The number of hydrogen-bond donors (Lipinski definition) is 1. The highest BCUT2D eigenvalue weighted by Gasteiger charge is 2.40. The molecule has 0 fully saturated rings. The summed E-state index contributed by atoms with van der Waals surface area (Å²) in [6.45, 7) is 8.18. The maximum Gasteiger partial charge on any atom is 0.240 e. The number of fused-ring (bicyclic) bond motifs is 1. The molecule has 0 spiro atoms. The fourth-order valence-electron chi connectivity index (χ4n) is 4.40. The van der Waals surface area contributed by atoms with Crippen molar-refractivity contribution in [3.05, 3.63) is 70.9 Å². The highest BCUT2D eigenvalue weighted by molar-refractivity contribution is 8.00. The molecule has 0 saturated carbocycles. The van der Waals surface area contributed by atoms with Crippen LogP contribution in [-0.4, -0.2) is 47.5 Å². The standard InChI is InChI=1S/C28H32F2N4O3S/c1-6-13-31-22(35)15-33-23(36)16-38-25(20-12-7-17(29)14-21(20)30)24-26(28(2,3)4)32-34(27(24)33)18-8-10-19(37-5)11-9-18/h7-12,14,25H,6,13,15-16H2,1-5H3,(H,31,35)/t25-/m0/s1. The van der Waals surface area contributed by atoms with Crippen LogP contribution in [0.1, 0.15) is 56.2 Å². The second-order valence-corrected chi connectivity index (χ2v) is 11.2. The van der Waals surface area contributed by atoms with Gasteiger partial charge in [-0.15, -0.1) is 11.8 Å². The van der Waals surface area contributed by atoms with Crippen molar-refractivity contribution in [1.82, 2.24) is 15.1 Å². The van der Waals surface area contributed by atoms with Crippen LogP contribution in [0.15, 0.2) is 42.5 Å². The summed E-state index contributed by atoms with van der Waals surface area (Å²) in [6, 6.07) is 10.7. The zero-order chi connectivity index (χ0) is 27.6. The Balaban J connectivity index is 2.00. The lowest BCUT2D eigenvalue weighted by Crippen LogP contribution is -2.42. The lowest BCUT2D eigenvalue weighted by Gasteiger charge is -2.24. The molecular weight excluding hydrogens is 510 g/mol. The predicted molar refractivity (Wildman–Crippen MR) is 145 cm³/mol. The summed E-state index contributed by atoms with van der Waals surface area (Å²) >= 11 is 1.24. The van der Waals surface area contributed by atoms with Gasteiger partial charge < -0.3 is 10.1 Å². The highest BCUT2D eigenvalue weighted by atomic mass is 32.2. The molecule has 0 unspecified atom stereocenters. The van der Waals surface area contributed by atoms with E-state index in [1.807, 2.05) is 39.8 Å². The Bertz CT molecular complexity index is 1340. The minimum atomic E-state index is -0.702. The van der Waals surface area contributed by atoms with Gasteiger partial charge in [0, 0.05) is 29.2 Å². The summed E-state index contributed by atoms with van der Waals surface area (Å²) in [5, 5.41) is 7.13. The second-order valence-electron chi connectivity index (χ2n) is 10.1. The molecule has 202 valence electrons. The molecular formula is C28H32F2N4O3S. The molecule has 2 heterocycles. The van der Waals surface area contributed by atoms with Crippen LogP contribution in [0.5, 0.6) is 5.75 Å². The van der Waals surface area contributed by atoms with Gasteiger partial charge in [-0.1, -0.05) is 33.8 Å². The molecule has 7 nitrogen and oxygen atoms in total. The average Bonchev–Trinajstić information content (AvgIpc) is 3.22. The number of thioether (sulfide) groups is 1. The normalized spacial score (nSPS) is 15.7. The summed E-state index contributed by atoms with van der Waals surface area (Å²) < 4.78 is 36.0. The first kappa shape index (κ1) is 27.6. The van der Waals surface area contributed by atoms with Crippen LogP contribution in [0.25, 0.3) is 5.69 Å². The number of amides is 2. The third-order valence-corrected chi connectivity index (χ3v) is 7.47. The minimum absolute atomic E-state index is 0.00339. The van der Waals surface area contributed by atoms with Gasteiger partial charge >= 0.3 is 0 Å². The fraction of sp³-hybridized carbons (Fsp3) is 0.393. The SMILES string of the molecule is CCCNC(=O)CN1C(=O)CS[C@@H](c2ccc(F)cc2F)c2c(C(C)(C)C)nn(-c3ccc(OC)cc3)c21. The van der Waals surface area contributed by atoms with Gasteiger partial charge in [0.2, 0.25) is 11.8 Å². The van der Waals surface area contributed by atoms with Crippen molar-refractivity contribution in [3.63, 3.8) is 0 Å². The fourth-order valence-corrected chi connectivity index (χ4v) is 5.62. The Labute approximate surface area is 225 Å². The lowest BCUT2D eigenvalue weighted by atomic mass is 9.87. The zero-order valence-electron chi connectivity index (χ0n) is 22.2. The number of carbonyl (C=O) groups excluding carboxylic acids is 2. The van der Waals surface area contributed by atoms with Crippen molar-refractivity contribution < 1.29 is 23.1 Å². The Morgan fingerprint density at radius 3 is 2.50 bits per heavy atom. The first-order chi connectivity index (χ1) is 18.0. The number of halogens is 2. The van der Waals surface area contributed by atoms with Crippen molar-refractivity contribution in [1.29, 1.82) is 0 Å². The molecule has 4 rings (SSSR count). The van der Waals surface area contributed by atoms with Crippen molar-refractivity contribution in [2.45, 2.75) is 44.8 Å². The molecule has 1 aromatic heterocycles. The molecule has 0 aliphatic carbocycles. The van der Waals surface area contributed by atoms with Crippen LogP contribution in [-0.2, 0) is 15.0 Å². The first-order valence-corrected chi connectivity index (χ1v) is 13.5. The third kappa shape index (κ3) is 5.55. The number of aromatic nitrogens is 2. The van der Waals surface area contributed by atoms with E-state index in [1.165, 1.54) is 28.8 Å². The topological polar surface area (TPSA) is 76.5 Å². The molecule has 0 radical (unpaired) electrons. The van der Waals surface area contributed by atoms with E-state index in [-0.39, 0.29) is 29.7 Å². The maximum atomic E-state index is 15.2. The number of rotatable bonds is 7. The zero-order valence-corrected chi connectivity index (χ0v) is 23.0. The van der Waals surface area contributed by atoms with Crippen molar-refractivity contribution in [2.24, 2.45) is 0 Å². The van der Waals surface area contributed by atoms with E-state index >= 15 is 4.39 Å². The van der Waals surface area contributed by atoms with Gasteiger partial charge in [-0.2, -0.15) is 5.10 Å². The summed E-state index contributed by atoms with van der Waals surface area (Å²) in [6.07, 6.45) is 0.755. The monoisotopic (exact) mass is 542 g/mol. The number of benzene rings is 2. The number of methoxy groups -OCH3 is 1. The Kier molecular flexibility index (Phi) is 8.10. The molecule has 0 bridgehead atoms. The van der Waals surface area contributed by atoms with Crippen LogP contribution in [0.3, 0.4) is 0 Å². The Morgan fingerprint density at radius 1 is 1.18 bits per heavy atom. The van der Waals surface area contributed by atoms with Gasteiger partial charge in [-0.25, -0.2) is 13.5 Å². The van der Waals surface area contributed by atoms with E-state index in [0.29, 0.717) is 35.1 Å². The number of anilines is 1. The number of carbonyl (C=O) groups is 2. The number of hydrogen-bond acceptors (Lipinski definition) is 5. The van der Waals surface area contributed by atoms with Gasteiger partial charge in [-0.05, 0) is 36.8 Å². The van der Waals surface area contributed by atoms with Crippen molar-refractivity contribution in [2.75, 3.05) is 30.9 Å². The minimum Gasteiger partial charge on any atom is -0.497 e. The van der Waals surface area contributed by atoms with Crippen molar-refractivity contribution in [3.8, 4) is 11.4 Å². The largest absolute Gasteiger partial charge is 0.497 e. The molecule has 3 aromatic rings. The van der Waals surface area contributed by atoms with Gasteiger partial charge in [0.25, 0.3) is 0 Å². The van der Waals surface area contributed by atoms with Crippen LogP contribution in [0, 0.1) is 11.6 Å². The predicted octanol–water partition coefficient (Wildman–Crippen LogP) is 5.15. The van der Waals surface area contributed by atoms with Gasteiger partial charge in [0.05, 0.1) is 29.5 Å². The quantitative estimate of drug-likeness (QED) is 0.447. The van der Waals surface area contributed by atoms with Crippen LogP contribution >= 0.6 is 11.8 Å². The molecule has 10 heteroatoms. The molecule has 0 saturated heterocycles. The molecule has 1 atom stereocenters. The molecule has 1 aliphatic rings. The summed E-state index contributed by atoms with van der Waals surface area (Å²) in [5.74, 6) is -0.936. The molecule has 1 N–H and O–H groups in total. The van der Waals surface area contributed by atoms with E-state index in [4.69, 9.17) is 9.84 Å². The Morgan fingerprint density at radius 2 is 1.89 bits per heavy atom. The van der Waals surface area contributed by atoms with Gasteiger partial charge in [0.1, 0.15) is 29.7 Å². The summed E-state index contributed by atoms with van der Waals surface area (Å²) in [7, 11) is 1.57. The summed E-state index contributed by atoms with van der Waals surface area (Å²) in [5.41, 5.74) is 1.67. The van der Waals surface area contributed by atoms with Gasteiger partial charge in [0.15, 0.2) is 0 Å². The first-order valence-electron chi connectivity index (χ1n) is 12.5. The molecule has 38 heavy (non-hydrogen) atoms. The lowest BCUT2D eigenvalue weighted by molar-refractivity contribution is -0.122. The number of ether oxygens (including phenoxy) is 1. The smallest absolute Gasteiger partial charge is 0.240 e. The van der Waals surface area contributed by atoms with Crippen LogP contribution in [0.4, 0.5) is 14.6 Å². The third-order valence-electron chi connectivity index (χ3n) is 6.24. The molecule has 2 aromatic carbocycles. The number of nitrogens with one attached hydrogen (secondary N) is 1. The van der Waals surface area contributed by atoms with E-state index in [0.717, 1.165) is 12.5 Å². The van der Waals surface area contributed by atoms with Crippen LogP contribution < -0.4 is 15.0 Å². The maximum absolute atomic E-state index is 15.2. The van der Waals surface area contributed by atoms with E-state index in [9.17, 15) is 14.0 Å².